The standard InChI is InChI=1S/C12H16N2/c1-7-6-14(5)12-11(7)9(3)8(2)10(4)13-12/h6H,1-5H3. The van der Waals surface area contributed by atoms with E-state index in [9.17, 15) is 0 Å². The summed E-state index contributed by atoms with van der Waals surface area (Å²) in [5, 5.41) is 1.32. The number of aromatic nitrogens is 2. The van der Waals surface area contributed by atoms with Crippen molar-refractivity contribution in [1.29, 1.82) is 0 Å². The SMILES string of the molecule is Cc1nc2c(c(C)cn2C)c(C)c1C. The van der Waals surface area contributed by atoms with Gasteiger partial charge in [-0.3, -0.25) is 0 Å². The Labute approximate surface area is 84.6 Å². The minimum absolute atomic E-state index is 1.10. The van der Waals surface area contributed by atoms with Crippen LogP contribution in [0.4, 0.5) is 0 Å². The summed E-state index contributed by atoms with van der Waals surface area (Å²) in [4.78, 5) is 4.62. The van der Waals surface area contributed by atoms with Crippen molar-refractivity contribution in [2.75, 3.05) is 0 Å². The maximum Gasteiger partial charge on any atom is 0.140 e. The van der Waals surface area contributed by atoms with Crippen LogP contribution in [-0.4, -0.2) is 9.55 Å². The first kappa shape index (κ1) is 9.25. The summed E-state index contributed by atoms with van der Waals surface area (Å²) >= 11 is 0. The molecule has 2 rings (SSSR count). The molecular weight excluding hydrogens is 172 g/mol. The first-order valence-corrected chi connectivity index (χ1v) is 4.91. The molecule has 0 spiro atoms. The van der Waals surface area contributed by atoms with E-state index in [1.165, 1.54) is 22.1 Å². The lowest BCUT2D eigenvalue weighted by Gasteiger charge is -2.06. The molecule has 2 heterocycles. The molecule has 0 aliphatic rings. The molecule has 0 radical (unpaired) electrons. The van der Waals surface area contributed by atoms with Crippen molar-refractivity contribution in [3.63, 3.8) is 0 Å². The highest BCUT2D eigenvalue weighted by molar-refractivity contribution is 5.85. The summed E-state index contributed by atoms with van der Waals surface area (Å²) in [5.74, 6) is 0. The van der Waals surface area contributed by atoms with E-state index in [-0.39, 0.29) is 0 Å². The Morgan fingerprint density at radius 1 is 1.07 bits per heavy atom. The largest absolute Gasteiger partial charge is 0.335 e. The van der Waals surface area contributed by atoms with Crippen LogP contribution in [0, 0.1) is 27.7 Å². The minimum atomic E-state index is 1.10. The molecule has 0 N–H and O–H groups in total. The second-order valence-corrected chi connectivity index (χ2v) is 4.07. The zero-order valence-corrected chi connectivity index (χ0v) is 9.47. The molecule has 74 valence electrons. The minimum Gasteiger partial charge on any atom is -0.335 e. The van der Waals surface area contributed by atoms with Gasteiger partial charge >= 0.3 is 0 Å². The Hall–Kier alpha value is -1.31. The van der Waals surface area contributed by atoms with Crippen molar-refractivity contribution in [2.24, 2.45) is 7.05 Å². The Balaban J connectivity index is 3.01. The Kier molecular flexibility index (Phi) is 1.88. The summed E-state index contributed by atoms with van der Waals surface area (Å²) in [6.07, 6.45) is 2.14. The summed E-state index contributed by atoms with van der Waals surface area (Å²) < 4.78 is 2.10. The second kappa shape index (κ2) is 2.84. The summed E-state index contributed by atoms with van der Waals surface area (Å²) in [6, 6.07) is 0. The molecule has 2 aromatic heterocycles. The predicted octanol–water partition coefficient (Wildman–Crippen LogP) is 2.81. The average molecular weight is 188 g/mol. The van der Waals surface area contributed by atoms with Gasteiger partial charge < -0.3 is 4.57 Å². The van der Waals surface area contributed by atoms with Crippen molar-refractivity contribution < 1.29 is 0 Å². The van der Waals surface area contributed by atoms with Crippen LogP contribution in [0.2, 0.25) is 0 Å². The molecule has 0 aliphatic carbocycles. The molecule has 0 aliphatic heterocycles. The van der Waals surface area contributed by atoms with E-state index in [1.54, 1.807) is 0 Å². The molecule has 14 heavy (non-hydrogen) atoms. The molecule has 0 bridgehead atoms. The van der Waals surface area contributed by atoms with Crippen LogP contribution in [0.5, 0.6) is 0 Å². The van der Waals surface area contributed by atoms with Crippen LogP contribution < -0.4 is 0 Å². The Morgan fingerprint density at radius 2 is 1.71 bits per heavy atom. The fourth-order valence-corrected chi connectivity index (χ4v) is 2.07. The predicted molar refractivity (Wildman–Crippen MR) is 59.7 cm³/mol. The second-order valence-electron chi connectivity index (χ2n) is 4.07. The van der Waals surface area contributed by atoms with Gasteiger partial charge in [0.2, 0.25) is 0 Å². The van der Waals surface area contributed by atoms with Crippen LogP contribution in [0.25, 0.3) is 11.0 Å². The van der Waals surface area contributed by atoms with E-state index in [4.69, 9.17) is 0 Å². The number of nitrogens with zero attached hydrogens (tertiary/aromatic N) is 2. The zero-order valence-electron chi connectivity index (χ0n) is 9.47. The highest BCUT2D eigenvalue weighted by Gasteiger charge is 2.10. The van der Waals surface area contributed by atoms with Crippen molar-refractivity contribution in [3.05, 3.63) is 28.6 Å². The number of rotatable bonds is 0. The molecule has 0 saturated carbocycles. The molecular formula is C12H16N2. The van der Waals surface area contributed by atoms with E-state index in [1.807, 2.05) is 0 Å². The Bertz CT molecular complexity index is 507. The molecule has 0 aromatic carbocycles. The summed E-state index contributed by atoms with van der Waals surface area (Å²) in [6.45, 7) is 8.54. The topological polar surface area (TPSA) is 17.8 Å². The first-order valence-electron chi connectivity index (χ1n) is 4.91. The van der Waals surface area contributed by atoms with Crippen molar-refractivity contribution in [3.8, 4) is 0 Å². The van der Waals surface area contributed by atoms with Gasteiger partial charge in [0.05, 0.1) is 0 Å². The van der Waals surface area contributed by atoms with Gasteiger partial charge in [0, 0.05) is 24.3 Å². The quantitative estimate of drug-likeness (QED) is 0.621. The van der Waals surface area contributed by atoms with Crippen molar-refractivity contribution in [1.82, 2.24) is 9.55 Å². The summed E-state index contributed by atoms with van der Waals surface area (Å²) in [5.41, 5.74) is 6.23. The lowest BCUT2D eigenvalue weighted by atomic mass is 10.0. The number of pyridine rings is 1. The van der Waals surface area contributed by atoms with E-state index < -0.39 is 0 Å². The van der Waals surface area contributed by atoms with Crippen molar-refractivity contribution in [2.45, 2.75) is 27.7 Å². The van der Waals surface area contributed by atoms with Crippen LogP contribution in [0.15, 0.2) is 6.20 Å². The number of aryl methyl sites for hydroxylation is 4. The van der Waals surface area contributed by atoms with Crippen LogP contribution in [-0.2, 0) is 7.05 Å². The van der Waals surface area contributed by atoms with Gasteiger partial charge in [-0.15, -0.1) is 0 Å². The van der Waals surface area contributed by atoms with Crippen molar-refractivity contribution >= 4 is 11.0 Å². The lowest BCUT2D eigenvalue weighted by molar-refractivity contribution is 0.936. The van der Waals surface area contributed by atoms with Gasteiger partial charge in [0.15, 0.2) is 0 Å². The molecule has 2 nitrogen and oxygen atoms in total. The third-order valence-corrected chi connectivity index (χ3v) is 3.09. The summed E-state index contributed by atoms with van der Waals surface area (Å²) in [7, 11) is 2.05. The van der Waals surface area contributed by atoms with E-state index in [2.05, 4.69) is 50.5 Å². The van der Waals surface area contributed by atoms with Gasteiger partial charge in [-0.2, -0.15) is 0 Å². The number of fused-ring (bicyclic) bond motifs is 1. The van der Waals surface area contributed by atoms with E-state index >= 15 is 0 Å². The van der Waals surface area contributed by atoms with Crippen LogP contribution in [0.1, 0.15) is 22.4 Å². The number of hydrogen-bond donors (Lipinski definition) is 0. The van der Waals surface area contributed by atoms with Gasteiger partial charge in [-0.25, -0.2) is 4.98 Å². The highest BCUT2D eigenvalue weighted by Crippen LogP contribution is 2.25. The van der Waals surface area contributed by atoms with Gasteiger partial charge in [-0.1, -0.05) is 0 Å². The van der Waals surface area contributed by atoms with Crippen LogP contribution >= 0.6 is 0 Å². The molecule has 0 atom stereocenters. The van der Waals surface area contributed by atoms with Gasteiger partial charge in [-0.05, 0) is 44.4 Å². The average Bonchev–Trinajstić information content (AvgIpc) is 2.38. The maximum absolute atomic E-state index is 4.62. The monoisotopic (exact) mass is 188 g/mol. The highest BCUT2D eigenvalue weighted by atomic mass is 15.0. The molecule has 2 aromatic rings. The fourth-order valence-electron chi connectivity index (χ4n) is 2.07. The zero-order chi connectivity index (χ0) is 10.5. The van der Waals surface area contributed by atoms with Gasteiger partial charge in [0.1, 0.15) is 5.65 Å². The molecule has 0 unspecified atom stereocenters. The van der Waals surface area contributed by atoms with Gasteiger partial charge in [0.25, 0.3) is 0 Å². The fraction of sp³-hybridized carbons (Fsp3) is 0.417. The molecule has 0 amide bonds. The maximum atomic E-state index is 4.62. The third-order valence-electron chi connectivity index (χ3n) is 3.09. The normalized spacial score (nSPS) is 11.2. The number of hydrogen-bond acceptors (Lipinski definition) is 1. The molecule has 0 saturated heterocycles. The lowest BCUT2D eigenvalue weighted by Crippen LogP contribution is -1.95. The Morgan fingerprint density at radius 3 is 2.36 bits per heavy atom. The molecule has 0 fully saturated rings. The van der Waals surface area contributed by atoms with E-state index in [0.29, 0.717) is 0 Å². The third kappa shape index (κ3) is 1.07. The smallest absolute Gasteiger partial charge is 0.140 e. The van der Waals surface area contributed by atoms with Crippen LogP contribution in [0.3, 0.4) is 0 Å². The molecule has 2 heteroatoms. The first-order chi connectivity index (χ1) is 6.52. The van der Waals surface area contributed by atoms with E-state index in [0.717, 1.165) is 11.3 Å².